The van der Waals surface area contributed by atoms with Crippen LogP contribution in [0.1, 0.15) is 40.3 Å². The zero-order valence-corrected chi connectivity index (χ0v) is 18.0. The second-order valence-corrected chi connectivity index (χ2v) is 7.81. The number of ether oxygens (including phenoxy) is 1. The van der Waals surface area contributed by atoms with Crippen molar-refractivity contribution in [2.24, 2.45) is 0 Å². The fraction of sp³-hybridized carbons (Fsp3) is 0.167. The molecule has 0 fully saturated rings. The number of nitrogens with zero attached hydrogens (tertiary/aromatic N) is 3. The van der Waals surface area contributed by atoms with Gasteiger partial charge in [-0.2, -0.15) is 5.10 Å². The molecular weight excluding hydrogens is 448 g/mol. The third kappa shape index (κ3) is 3.06. The molecule has 4 aromatic rings. The molecule has 0 bridgehead atoms. The van der Waals surface area contributed by atoms with Gasteiger partial charge >= 0.3 is 5.97 Å². The van der Waals surface area contributed by atoms with Crippen LogP contribution in [0.3, 0.4) is 0 Å². The molecule has 172 valence electrons. The van der Waals surface area contributed by atoms with Crippen molar-refractivity contribution in [2.45, 2.75) is 19.4 Å². The van der Waals surface area contributed by atoms with Gasteiger partial charge in [0.05, 0.1) is 29.6 Å². The summed E-state index contributed by atoms with van der Waals surface area (Å²) >= 11 is 0. The lowest BCUT2D eigenvalue weighted by molar-refractivity contribution is 0.0386. The first-order chi connectivity index (χ1) is 16.3. The minimum atomic E-state index is -2.07. The molecule has 0 saturated carbocycles. The molecule has 2 aromatic carbocycles. The third-order valence-corrected chi connectivity index (χ3v) is 5.69. The first kappa shape index (κ1) is 21.7. The van der Waals surface area contributed by atoms with Crippen molar-refractivity contribution < 1.29 is 32.7 Å². The van der Waals surface area contributed by atoms with Crippen molar-refractivity contribution in [1.29, 1.82) is 0 Å². The summed E-state index contributed by atoms with van der Waals surface area (Å²) in [6.45, 7) is 2.92. The van der Waals surface area contributed by atoms with Crippen molar-refractivity contribution in [1.82, 2.24) is 14.9 Å². The maximum atomic E-state index is 14.8. The first-order valence-electron chi connectivity index (χ1n) is 10.3. The Morgan fingerprint density at radius 1 is 1.18 bits per heavy atom. The smallest absolute Gasteiger partial charge is 0.357 e. The largest absolute Gasteiger partial charge is 0.461 e. The monoisotopic (exact) mass is 465 g/mol. The molecule has 8 nitrogen and oxygen atoms in total. The number of aliphatic hydroxyl groups is 1. The van der Waals surface area contributed by atoms with Crippen LogP contribution >= 0.6 is 0 Å². The Balaban J connectivity index is 1.77. The fourth-order valence-electron chi connectivity index (χ4n) is 4.08. The molecule has 2 aromatic heterocycles. The number of benzene rings is 2. The van der Waals surface area contributed by atoms with E-state index >= 15 is 0 Å². The summed E-state index contributed by atoms with van der Waals surface area (Å²) in [6, 6.07) is 9.21. The van der Waals surface area contributed by atoms with Crippen LogP contribution < -0.4 is 0 Å². The number of Topliss-reactive ketones (excluding diaryl/α,β-unsaturated/α-hetero) is 1. The maximum absolute atomic E-state index is 14.8. The van der Waals surface area contributed by atoms with Crippen LogP contribution in [0.15, 0.2) is 53.2 Å². The lowest BCUT2D eigenvalue weighted by Crippen LogP contribution is -2.36. The molecule has 0 radical (unpaired) electrons. The normalized spacial score (nSPS) is 16.8. The quantitative estimate of drug-likeness (QED) is 0.453. The minimum absolute atomic E-state index is 0.0421. The molecule has 5 rings (SSSR count). The Morgan fingerprint density at radius 2 is 1.91 bits per heavy atom. The molecule has 2 heterocycles. The maximum Gasteiger partial charge on any atom is 0.357 e. The SMILES string of the molecule is CCOC(=O)c1c(-c2onc3c2C(=O)C(C)(O)c2cccc(F)c2-3)cnn1-c1ccc(F)cc1. The van der Waals surface area contributed by atoms with Gasteiger partial charge in [-0.1, -0.05) is 17.3 Å². The number of aromatic nitrogens is 3. The summed E-state index contributed by atoms with van der Waals surface area (Å²) in [7, 11) is 0. The van der Waals surface area contributed by atoms with E-state index in [1.165, 1.54) is 60.3 Å². The summed E-state index contributed by atoms with van der Waals surface area (Å²) in [5.41, 5.74) is -2.09. The Kier molecular flexibility index (Phi) is 4.90. The van der Waals surface area contributed by atoms with Gasteiger partial charge in [0.15, 0.2) is 17.1 Å². The van der Waals surface area contributed by atoms with E-state index in [4.69, 9.17) is 9.26 Å². The third-order valence-electron chi connectivity index (χ3n) is 5.69. The number of halogens is 2. The van der Waals surface area contributed by atoms with Gasteiger partial charge in [0, 0.05) is 11.1 Å². The van der Waals surface area contributed by atoms with E-state index in [0.717, 1.165) is 0 Å². The molecule has 1 N–H and O–H groups in total. The highest BCUT2D eigenvalue weighted by Crippen LogP contribution is 2.46. The minimum Gasteiger partial charge on any atom is -0.461 e. The number of carbonyl (C=O) groups excluding carboxylic acids is 2. The zero-order chi connectivity index (χ0) is 24.2. The van der Waals surface area contributed by atoms with E-state index in [9.17, 15) is 23.5 Å². The van der Waals surface area contributed by atoms with Crippen molar-refractivity contribution in [3.05, 3.63) is 77.1 Å². The van der Waals surface area contributed by atoms with Crippen LogP contribution in [0.2, 0.25) is 0 Å². The molecule has 1 aliphatic rings. The van der Waals surface area contributed by atoms with E-state index in [-0.39, 0.29) is 46.0 Å². The van der Waals surface area contributed by atoms with Crippen molar-refractivity contribution in [2.75, 3.05) is 6.61 Å². The topological polar surface area (TPSA) is 107 Å². The van der Waals surface area contributed by atoms with Gasteiger partial charge in [-0.05, 0) is 44.2 Å². The average Bonchev–Trinajstić information content (AvgIpc) is 3.43. The number of fused-ring (bicyclic) bond motifs is 3. The van der Waals surface area contributed by atoms with Gasteiger partial charge in [-0.3, -0.25) is 4.79 Å². The van der Waals surface area contributed by atoms with Gasteiger partial charge in [0.25, 0.3) is 0 Å². The van der Waals surface area contributed by atoms with E-state index in [0.29, 0.717) is 5.69 Å². The lowest BCUT2D eigenvalue weighted by atomic mass is 9.77. The van der Waals surface area contributed by atoms with Gasteiger partial charge in [0.2, 0.25) is 5.78 Å². The number of hydrogen-bond acceptors (Lipinski definition) is 7. The molecule has 0 saturated heterocycles. The van der Waals surface area contributed by atoms with Gasteiger partial charge in [0.1, 0.15) is 17.3 Å². The standard InChI is InChI=1S/C24H17F2N3O5/c1-3-33-23(31)20-14(11-27-29(20)13-9-7-12(25)8-10-13)21-18-19(28-34-21)17-15(5-4-6-16(17)26)24(2,32)22(18)30/h4-11,32H,3H2,1-2H3. The van der Waals surface area contributed by atoms with Crippen LogP contribution in [0.4, 0.5) is 8.78 Å². The summed E-state index contributed by atoms with van der Waals surface area (Å²) in [6.07, 6.45) is 1.26. The van der Waals surface area contributed by atoms with Crippen LogP contribution in [0.25, 0.3) is 28.3 Å². The molecule has 34 heavy (non-hydrogen) atoms. The molecule has 0 aliphatic heterocycles. The summed E-state index contributed by atoms with van der Waals surface area (Å²) in [4.78, 5) is 26.2. The molecule has 1 unspecified atom stereocenters. The van der Waals surface area contributed by atoms with Crippen molar-refractivity contribution in [3.8, 4) is 28.3 Å². The van der Waals surface area contributed by atoms with Crippen LogP contribution in [-0.2, 0) is 10.3 Å². The molecule has 0 amide bonds. The zero-order valence-electron chi connectivity index (χ0n) is 18.0. The predicted molar refractivity (Wildman–Crippen MR) is 114 cm³/mol. The summed E-state index contributed by atoms with van der Waals surface area (Å²) in [5, 5.41) is 19.1. The number of esters is 1. The number of carbonyl (C=O) groups is 2. The Labute approximate surface area is 191 Å². The molecule has 0 spiro atoms. The Bertz CT molecular complexity index is 1450. The second-order valence-electron chi connectivity index (χ2n) is 7.81. The van der Waals surface area contributed by atoms with Crippen LogP contribution in [-0.4, -0.2) is 38.4 Å². The molecular formula is C24H17F2N3O5. The van der Waals surface area contributed by atoms with Crippen LogP contribution in [0, 0.1) is 11.6 Å². The Morgan fingerprint density at radius 3 is 2.62 bits per heavy atom. The molecule has 1 atom stereocenters. The van der Waals surface area contributed by atoms with E-state index in [2.05, 4.69) is 10.3 Å². The first-order valence-corrected chi connectivity index (χ1v) is 10.3. The van der Waals surface area contributed by atoms with Crippen molar-refractivity contribution >= 4 is 11.8 Å². The summed E-state index contributed by atoms with van der Waals surface area (Å²) in [5.74, 6) is -2.91. The highest BCUT2D eigenvalue weighted by molar-refractivity contribution is 6.15. The second kappa shape index (κ2) is 7.70. The Hall–Kier alpha value is -4.18. The number of hydrogen-bond donors (Lipinski definition) is 1. The van der Waals surface area contributed by atoms with E-state index in [1.54, 1.807) is 6.92 Å². The van der Waals surface area contributed by atoms with Gasteiger partial charge in [-0.25, -0.2) is 18.3 Å². The van der Waals surface area contributed by atoms with Gasteiger partial charge < -0.3 is 14.4 Å². The molecule has 1 aliphatic carbocycles. The van der Waals surface area contributed by atoms with E-state index < -0.39 is 29.0 Å². The lowest BCUT2D eigenvalue weighted by Gasteiger charge is -2.28. The highest BCUT2D eigenvalue weighted by atomic mass is 19.1. The molecule has 10 heteroatoms. The van der Waals surface area contributed by atoms with Gasteiger partial charge in [-0.15, -0.1) is 0 Å². The summed E-state index contributed by atoms with van der Waals surface area (Å²) < 4.78 is 40.0. The predicted octanol–water partition coefficient (Wildman–Crippen LogP) is 4.05. The highest BCUT2D eigenvalue weighted by Gasteiger charge is 2.47. The van der Waals surface area contributed by atoms with E-state index in [1.807, 2.05) is 0 Å². The van der Waals surface area contributed by atoms with Crippen LogP contribution in [0.5, 0.6) is 0 Å². The fourth-order valence-corrected chi connectivity index (χ4v) is 4.08. The number of ketones is 1. The average molecular weight is 465 g/mol. The van der Waals surface area contributed by atoms with Crippen molar-refractivity contribution in [3.63, 3.8) is 0 Å². The number of rotatable bonds is 4.